The summed E-state index contributed by atoms with van der Waals surface area (Å²) < 4.78 is 0. The molecule has 1 unspecified atom stereocenters. The summed E-state index contributed by atoms with van der Waals surface area (Å²) in [6, 6.07) is 6.07. The highest BCUT2D eigenvalue weighted by Crippen LogP contribution is 2.24. The van der Waals surface area contributed by atoms with Crippen molar-refractivity contribution in [2.75, 3.05) is 18.1 Å². The van der Waals surface area contributed by atoms with E-state index in [0.29, 0.717) is 12.1 Å². The summed E-state index contributed by atoms with van der Waals surface area (Å²) in [5.41, 5.74) is 17.4. The number of rotatable bonds is 5. The van der Waals surface area contributed by atoms with Crippen LogP contribution in [0.3, 0.4) is 0 Å². The molecular weight excluding hydrogens is 442 g/mol. The molecule has 0 aliphatic carbocycles. The van der Waals surface area contributed by atoms with Gasteiger partial charge in [0.05, 0.1) is 0 Å². The predicted molar refractivity (Wildman–Crippen MR) is 109 cm³/mol. The lowest BCUT2D eigenvalue weighted by Gasteiger charge is -2.38. The van der Waals surface area contributed by atoms with Crippen molar-refractivity contribution < 1.29 is 15.0 Å². The lowest BCUT2D eigenvalue weighted by Crippen LogP contribution is -2.58. The van der Waals surface area contributed by atoms with Crippen LogP contribution in [-0.2, 0) is 4.79 Å². The fourth-order valence-electron chi connectivity index (χ4n) is 2.38. The number of nitrogens with two attached hydrogens (primary N) is 3. The summed E-state index contributed by atoms with van der Waals surface area (Å²) in [7, 11) is 0. The summed E-state index contributed by atoms with van der Waals surface area (Å²) in [6.07, 6.45) is -0.735. The second kappa shape index (κ2) is 9.55. The topological polar surface area (TPSA) is 178 Å². The Kier molecular flexibility index (Phi) is 8.03. The molecule has 0 fully saturated rings. The number of phenolic OH excluding ortho intramolecular Hbond substituents is 1. The minimum absolute atomic E-state index is 0. The second-order valence-corrected chi connectivity index (χ2v) is 5.80. The number of halogens is 2. The average molecular weight is 463 g/mol. The van der Waals surface area contributed by atoms with Crippen LogP contribution in [0.25, 0.3) is 0 Å². The standard InChI is InChI=1S/C15H20ClN7O3.BrH/c16-11-13(18)23(12(17)10(21-11)14(19)26)15(20)22(6-1-7-24)8-2-4-9(25)5-3-8;/h2-5,13,20,24-25H,1,6-7,17-18H2,(H2,19,26);1H. The zero-order chi connectivity index (χ0) is 19.4. The Bertz CT molecular complexity index is 769. The van der Waals surface area contributed by atoms with Crippen LogP contribution in [0.4, 0.5) is 5.69 Å². The van der Waals surface area contributed by atoms with Crippen molar-refractivity contribution in [2.45, 2.75) is 12.6 Å². The molecule has 27 heavy (non-hydrogen) atoms. The zero-order valence-electron chi connectivity index (χ0n) is 14.2. The van der Waals surface area contributed by atoms with E-state index in [2.05, 4.69) is 4.99 Å². The number of benzene rings is 1. The van der Waals surface area contributed by atoms with Crippen LogP contribution in [0.5, 0.6) is 5.75 Å². The highest BCUT2D eigenvalue weighted by Gasteiger charge is 2.34. The Morgan fingerprint density at radius 2 is 1.96 bits per heavy atom. The van der Waals surface area contributed by atoms with E-state index >= 15 is 0 Å². The SMILES string of the molecule is Br.N=C(N(CCCO)c1ccc(O)cc1)N1C(N)=C(C(N)=O)N=C(Cl)C1N. The first-order valence-electron chi connectivity index (χ1n) is 7.62. The third-order valence-corrected chi connectivity index (χ3v) is 3.97. The molecule has 148 valence electrons. The minimum atomic E-state index is -1.08. The molecule has 1 heterocycles. The van der Waals surface area contributed by atoms with Gasteiger partial charge >= 0.3 is 0 Å². The molecule has 1 aliphatic heterocycles. The van der Waals surface area contributed by atoms with Crippen LogP contribution in [0, 0.1) is 5.41 Å². The van der Waals surface area contributed by atoms with E-state index in [1.54, 1.807) is 12.1 Å². The van der Waals surface area contributed by atoms with E-state index in [0.717, 1.165) is 4.90 Å². The number of aliphatic hydroxyl groups is 1. The lowest BCUT2D eigenvalue weighted by atomic mass is 10.2. The normalized spacial score (nSPS) is 16.5. The maximum Gasteiger partial charge on any atom is 0.271 e. The molecule has 12 heteroatoms. The molecule has 10 nitrogen and oxygen atoms in total. The largest absolute Gasteiger partial charge is 0.508 e. The summed E-state index contributed by atoms with van der Waals surface area (Å²) in [6.45, 7) is 0.144. The number of phenols is 1. The molecule has 1 atom stereocenters. The number of nitrogens with zero attached hydrogens (tertiary/aromatic N) is 3. The van der Waals surface area contributed by atoms with E-state index in [9.17, 15) is 9.90 Å². The number of anilines is 1. The van der Waals surface area contributed by atoms with E-state index < -0.39 is 12.1 Å². The Morgan fingerprint density at radius 3 is 2.48 bits per heavy atom. The fourth-order valence-corrected chi connectivity index (χ4v) is 2.56. The van der Waals surface area contributed by atoms with Crippen molar-refractivity contribution in [1.82, 2.24) is 4.90 Å². The van der Waals surface area contributed by atoms with Crippen molar-refractivity contribution in [3.8, 4) is 5.75 Å². The van der Waals surface area contributed by atoms with Crippen LogP contribution in [0.2, 0.25) is 0 Å². The van der Waals surface area contributed by atoms with Crippen LogP contribution >= 0.6 is 28.6 Å². The first kappa shape index (κ1) is 22.7. The predicted octanol–water partition coefficient (Wildman–Crippen LogP) is -0.0555. The molecule has 0 saturated heterocycles. The maximum atomic E-state index is 11.5. The number of aliphatic imine (C=N–C) groups is 1. The molecule has 1 amide bonds. The highest BCUT2D eigenvalue weighted by molar-refractivity contribution is 8.93. The van der Waals surface area contributed by atoms with Gasteiger partial charge < -0.3 is 32.3 Å². The molecule has 1 aromatic carbocycles. The highest BCUT2D eigenvalue weighted by atomic mass is 79.9. The van der Waals surface area contributed by atoms with Gasteiger partial charge in [-0.15, -0.1) is 17.0 Å². The fraction of sp³-hybridized carbons (Fsp3) is 0.267. The molecule has 1 aliphatic rings. The van der Waals surface area contributed by atoms with Crippen molar-refractivity contribution >= 4 is 51.3 Å². The van der Waals surface area contributed by atoms with Gasteiger partial charge in [0.25, 0.3) is 5.91 Å². The number of aromatic hydroxyl groups is 1. The quantitative estimate of drug-likeness (QED) is 0.262. The number of aliphatic hydroxyl groups excluding tert-OH is 1. The molecule has 0 aromatic heterocycles. The van der Waals surface area contributed by atoms with Gasteiger partial charge in [-0.1, -0.05) is 11.6 Å². The zero-order valence-corrected chi connectivity index (χ0v) is 16.6. The van der Waals surface area contributed by atoms with Gasteiger partial charge in [0.2, 0.25) is 5.96 Å². The maximum absolute atomic E-state index is 11.5. The van der Waals surface area contributed by atoms with E-state index in [4.69, 9.17) is 39.3 Å². The van der Waals surface area contributed by atoms with Crippen LogP contribution < -0.4 is 22.1 Å². The first-order chi connectivity index (χ1) is 12.3. The Balaban J connectivity index is 0.00000364. The van der Waals surface area contributed by atoms with Gasteiger partial charge in [-0.25, -0.2) is 4.99 Å². The number of hydrogen-bond donors (Lipinski definition) is 6. The summed E-state index contributed by atoms with van der Waals surface area (Å²) >= 11 is 5.98. The Labute approximate surface area is 171 Å². The minimum Gasteiger partial charge on any atom is -0.508 e. The van der Waals surface area contributed by atoms with Gasteiger partial charge in [-0.2, -0.15) is 0 Å². The number of carbonyl (C=O) groups is 1. The van der Waals surface area contributed by atoms with Gasteiger partial charge in [0.1, 0.15) is 22.9 Å². The number of amides is 1. The molecule has 1 aromatic rings. The van der Waals surface area contributed by atoms with Gasteiger partial charge in [0, 0.05) is 18.8 Å². The van der Waals surface area contributed by atoms with E-state index in [1.807, 2.05) is 0 Å². The number of primary amides is 1. The Hall–Kier alpha value is -2.34. The second-order valence-electron chi connectivity index (χ2n) is 5.42. The van der Waals surface area contributed by atoms with Crippen LogP contribution in [0.1, 0.15) is 6.42 Å². The first-order valence-corrected chi connectivity index (χ1v) is 8.00. The molecule has 2 rings (SSSR count). The third kappa shape index (κ3) is 4.89. The summed E-state index contributed by atoms with van der Waals surface area (Å²) in [5, 5.41) is 27.0. The van der Waals surface area contributed by atoms with Gasteiger partial charge in [-0.05, 0) is 30.7 Å². The monoisotopic (exact) mass is 461 g/mol. The van der Waals surface area contributed by atoms with Crippen molar-refractivity contribution in [3.63, 3.8) is 0 Å². The number of guanidine groups is 1. The number of nitrogens with one attached hydrogen (secondary N) is 1. The lowest BCUT2D eigenvalue weighted by molar-refractivity contribution is -0.114. The van der Waals surface area contributed by atoms with Gasteiger partial charge in [0.15, 0.2) is 5.70 Å². The van der Waals surface area contributed by atoms with E-state index in [1.165, 1.54) is 17.0 Å². The third-order valence-electron chi connectivity index (χ3n) is 3.66. The van der Waals surface area contributed by atoms with Gasteiger partial charge in [-0.3, -0.25) is 15.1 Å². The number of carbonyl (C=O) groups excluding carboxylic acids is 1. The molecule has 0 bridgehead atoms. The van der Waals surface area contributed by atoms with Crippen LogP contribution in [-0.4, -0.2) is 51.5 Å². The summed E-state index contributed by atoms with van der Waals surface area (Å²) in [4.78, 5) is 18.0. The molecule has 0 spiro atoms. The van der Waals surface area contributed by atoms with E-state index in [-0.39, 0.29) is 58.5 Å². The molecule has 0 saturated carbocycles. The smallest absolute Gasteiger partial charge is 0.271 e. The van der Waals surface area contributed by atoms with Crippen LogP contribution in [0.15, 0.2) is 40.8 Å². The van der Waals surface area contributed by atoms with Crippen molar-refractivity contribution in [1.29, 1.82) is 5.41 Å². The number of hydrogen-bond acceptors (Lipinski definition) is 7. The molecule has 9 N–H and O–H groups in total. The Morgan fingerprint density at radius 1 is 1.37 bits per heavy atom. The molecule has 0 radical (unpaired) electrons. The average Bonchev–Trinajstić information content (AvgIpc) is 2.59. The summed E-state index contributed by atoms with van der Waals surface area (Å²) in [5.74, 6) is -1.24. The van der Waals surface area contributed by atoms with Crippen molar-refractivity contribution in [3.05, 3.63) is 35.8 Å². The van der Waals surface area contributed by atoms with Crippen molar-refractivity contribution in [2.24, 2.45) is 22.2 Å². The molecular formula is C15H21BrClN7O3.